The predicted molar refractivity (Wildman–Crippen MR) is 304 cm³/mol. The maximum atomic E-state index is 16.2. The van der Waals surface area contributed by atoms with Gasteiger partial charge in [0.25, 0.3) is 17.7 Å². The predicted octanol–water partition coefficient (Wildman–Crippen LogP) is 10.7. The van der Waals surface area contributed by atoms with E-state index in [2.05, 4.69) is 104 Å². The van der Waals surface area contributed by atoms with E-state index in [0.717, 1.165) is 33.6 Å². The molecule has 3 amide bonds. The Labute approximate surface area is 459 Å². The van der Waals surface area contributed by atoms with Gasteiger partial charge >= 0.3 is 0 Å². The lowest BCUT2D eigenvalue weighted by Gasteiger charge is -2.24. The molecule has 5 aromatic heterocycles. The standard InChI is InChI=1S/C61H68FN11O6/c1-59(2,3)43-17-13-14-18-49(43)77-27-25-72(12)58(76)54-42-33-46(62)41(34-47(42)66-67-54)38-19-21-44(60(4,5)6)51(31-38)79-29-24-70(10)56(74)48-36-73-52(65-48)32-39(35-64-73)37-20-22-50(45(30-37)61(7,8)9)78-28-26-71(11)57(75)53-40-16-15-23-63-55(40)69-68-53/h13-23,30-36H,24-29H2,1-12H3,(H,66,67)(H,63,68,69). The molecule has 0 saturated heterocycles. The molecule has 0 fully saturated rings. The van der Waals surface area contributed by atoms with Crippen LogP contribution in [0.25, 0.3) is 49.8 Å². The maximum absolute atomic E-state index is 16.2. The lowest BCUT2D eigenvalue weighted by Crippen LogP contribution is -2.31. The Balaban J connectivity index is 0.833. The number of halogens is 1. The van der Waals surface area contributed by atoms with E-state index in [1.807, 2.05) is 66.7 Å². The first-order chi connectivity index (χ1) is 37.5. The summed E-state index contributed by atoms with van der Waals surface area (Å²) in [6.07, 6.45) is 4.99. The molecule has 0 radical (unpaired) electrons. The summed E-state index contributed by atoms with van der Waals surface area (Å²) in [6, 6.07) is 27.9. The minimum atomic E-state index is -0.523. The van der Waals surface area contributed by atoms with Crippen molar-refractivity contribution in [3.63, 3.8) is 0 Å². The van der Waals surface area contributed by atoms with Crippen LogP contribution in [0.5, 0.6) is 17.2 Å². The third-order valence-corrected chi connectivity index (χ3v) is 13.9. The van der Waals surface area contributed by atoms with E-state index >= 15 is 4.39 Å². The highest BCUT2D eigenvalue weighted by Crippen LogP contribution is 2.39. The number of ether oxygens (including phenoxy) is 3. The molecule has 0 aliphatic rings. The molecule has 0 saturated carbocycles. The zero-order valence-electron chi connectivity index (χ0n) is 47.0. The smallest absolute Gasteiger partial charge is 0.274 e. The largest absolute Gasteiger partial charge is 0.491 e. The van der Waals surface area contributed by atoms with Gasteiger partial charge in [0.2, 0.25) is 0 Å². The summed E-state index contributed by atoms with van der Waals surface area (Å²) < 4.78 is 36.6. The van der Waals surface area contributed by atoms with Crippen molar-refractivity contribution >= 4 is 45.3 Å². The van der Waals surface area contributed by atoms with E-state index in [-0.39, 0.29) is 71.7 Å². The van der Waals surface area contributed by atoms with Crippen LogP contribution in [0.1, 0.15) is 110 Å². The average molecular weight is 1070 g/mol. The number of pyridine rings is 1. The number of nitrogens with one attached hydrogen (secondary N) is 2. The highest BCUT2D eigenvalue weighted by atomic mass is 19.1. The number of benzene rings is 4. The molecule has 17 nitrogen and oxygen atoms in total. The Hall–Kier alpha value is -8.67. The van der Waals surface area contributed by atoms with Crippen molar-refractivity contribution in [2.45, 2.75) is 78.6 Å². The van der Waals surface area contributed by atoms with Crippen molar-refractivity contribution in [2.24, 2.45) is 0 Å². The summed E-state index contributed by atoms with van der Waals surface area (Å²) in [4.78, 5) is 54.3. The van der Waals surface area contributed by atoms with Gasteiger partial charge in [0.05, 0.1) is 42.9 Å². The fourth-order valence-corrected chi connectivity index (χ4v) is 9.38. The number of carbonyl (C=O) groups excluding carboxylic acids is 3. The molecule has 0 aliphatic heterocycles. The van der Waals surface area contributed by atoms with Crippen molar-refractivity contribution in [1.29, 1.82) is 0 Å². The van der Waals surface area contributed by atoms with Crippen molar-refractivity contribution in [3.8, 4) is 39.5 Å². The van der Waals surface area contributed by atoms with E-state index in [0.29, 0.717) is 69.0 Å². The van der Waals surface area contributed by atoms with Crippen molar-refractivity contribution < 1.29 is 33.0 Å². The van der Waals surface area contributed by atoms with Crippen molar-refractivity contribution in [1.82, 2.24) is 54.7 Å². The van der Waals surface area contributed by atoms with Crippen LogP contribution in [-0.2, 0) is 16.2 Å². The van der Waals surface area contributed by atoms with E-state index in [1.165, 1.54) is 11.0 Å². The number of hydrogen-bond acceptors (Lipinski definition) is 11. The molecule has 5 heterocycles. The van der Waals surface area contributed by atoms with Gasteiger partial charge in [0.15, 0.2) is 22.7 Å². The Morgan fingerprint density at radius 3 is 1.84 bits per heavy atom. The van der Waals surface area contributed by atoms with Crippen LogP contribution in [0.15, 0.2) is 110 Å². The minimum Gasteiger partial charge on any atom is -0.491 e. The Bertz CT molecular complexity index is 3730. The first-order valence-electron chi connectivity index (χ1n) is 26.3. The summed E-state index contributed by atoms with van der Waals surface area (Å²) in [5, 5.41) is 19.9. The zero-order valence-corrected chi connectivity index (χ0v) is 47.0. The normalized spacial score (nSPS) is 12.1. The molecule has 0 bridgehead atoms. The second-order valence-corrected chi connectivity index (χ2v) is 23.0. The SMILES string of the molecule is CN(CCOc1cc(-c2cc3[nH]nc(C(=O)N(C)CCOc4ccccc4C(C)(C)C)c3cc2F)ccc1C(C)(C)C)C(=O)c1cn2ncc(-c3ccc(OCCN(C)C(=O)c4n[nH]c5ncccc45)c(C(C)(C)C)c3)cc2n1. The zero-order chi connectivity index (χ0) is 56.6. The molecule has 18 heteroatoms. The Morgan fingerprint density at radius 1 is 0.582 bits per heavy atom. The van der Waals surface area contributed by atoms with Crippen molar-refractivity contribution in [2.75, 3.05) is 60.6 Å². The number of aromatic nitrogens is 8. The van der Waals surface area contributed by atoms with E-state index < -0.39 is 5.82 Å². The molecular weight excluding hydrogens is 1000 g/mol. The van der Waals surface area contributed by atoms with Crippen LogP contribution in [0, 0.1) is 5.82 Å². The third kappa shape index (κ3) is 11.9. The van der Waals surface area contributed by atoms with E-state index in [9.17, 15) is 14.4 Å². The van der Waals surface area contributed by atoms with Crippen LogP contribution < -0.4 is 14.2 Å². The molecule has 0 spiro atoms. The summed E-state index contributed by atoms with van der Waals surface area (Å²) in [5.41, 5.74) is 7.01. The maximum Gasteiger partial charge on any atom is 0.274 e. The Morgan fingerprint density at radius 2 is 1.16 bits per heavy atom. The number of fused-ring (bicyclic) bond motifs is 3. The van der Waals surface area contributed by atoms with E-state index in [1.54, 1.807) is 66.2 Å². The van der Waals surface area contributed by atoms with Crippen LogP contribution in [0.4, 0.5) is 4.39 Å². The lowest BCUT2D eigenvalue weighted by atomic mass is 9.84. The monoisotopic (exact) mass is 1070 g/mol. The Kier molecular flexibility index (Phi) is 15.3. The van der Waals surface area contributed by atoms with Gasteiger partial charge in [-0.1, -0.05) is 98.7 Å². The second-order valence-electron chi connectivity index (χ2n) is 23.0. The summed E-state index contributed by atoms with van der Waals surface area (Å²) in [5.74, 6) is 0.596. The molecule has 4 aromatic carbocycles. The molecule has 0 aliphatic carbocycles. The number of hydrogen-bond donors (Lipinski definition) is 2. The number of aromatic amines is 2. The first kappa shape index (κ1) is 55.1. The van der Waals surface area contributed by atoms with Crippen molar-refractivity contribution in [3.05, 3.63) is 149 Å². The topological polar surface area (TPSA) is 189 Å². The first-order valence-corrected chi connectivity index (χ1v) is 26.3. The molecular formula is C61H68FN11O6. The highest BCUT2D eigenvalue weighted by Gasteiger charge is 2.27. The van der Waals surface area contributed by atoms with Crippen LogP contribution in [0.3, 0.4) is 0 Å². The number of amides is 3. The molecule has 410 valence electrons. The number of nitrogens with zero attached hydrogens (tertiary/aromatic N) is 9. The summed E-state index contributed by atoms with van der Waals surface area (Å²) >= 11 is 0. The fraction of sp³-hybridized carbons (Fsp3) is 0.344. The number of rotatable bonds is 17. The van der Waals surface area contributed by atoms with Gasteiger partial charge in [-0.3, -0.25) is 24.6 Å². The molecule has 2 N–H and O–H groups in total. The molecule has 9 aromatic rings. The summed E-state index contributed by atoms with van der Waals surface area (Å²) in [6.45, 7) is 20.5. The molecule has 9 rings (SSSR count). The minimum absolute atomic E-state index is 0.111. The van der Waals surface area contributed by atoms with Crippen LogP contribution >= 0.6 is 0 Å². The van der Waals surface area contributed by atoms with E-state index in [4.69, 9.17) is 14.2 Å². The number of H-pyrrole nitrogens is 2. The van der Waals surface area contributed by atoms with Crippen LogP contribution in [-0.4, -0.2) is 133 Å². The highest BCUT2D eigenvalue weighted by molar-refractivity contribution is 6.05. The number of imidazole rings is 1. The van der Waals surface area contributed by atoms with Gasteiger partial charge in [-0.05, 0) is 93.1 Å². The fourth-order valence-electron chi connectivity index (χ4n) is 9.38. The number of carbonyl (C=O) groups is 3. The second kappa shape index (κ2) is 22.0. The van der Waals surface area contributed by atoms with Gasteiger partial charge in [0.1, 0.15) is 48.6 Å². The van der Waals surface area contributed by atoms with Gasteiger partial charge < -0.3 is 28.9 Å². The molecule has 79 heavy (non-hydrogen) atoms. The molecule has 0 atom stereocenters. The quantitative estimate of drug-likeness (QED) is 0.0883. The molecule has 0 unspecified atom stereocenters. The van der Waals surface area contributed by atoms with Gasteiger partial charge in [-0.2, -0.15) is 15.3 Å². The van der Waals surface area contributed by atoms with Crippen LogP contribution in [0.2, 0.25) is 0 Å². The van der Waals surface area contributed by atoms with Gasteiger partial charge in [-0.15, -0.1) is 0 Å². The average Bonchev–Trinajstić information content (AvgIpc) is 4.28. The number of likely N-dealkylation sites (N-methyl/N-ethyl adjacent to an activating group) is 3. The summed E-state index contributed by atoms with van der Waals surface area (Å²) in [7, 11) is 5.08. The van der Waals surface area contributed by atoms with Gasteiger partial charge in [-0.25, -0.2) is 18.9 Å². The third-order valence-electron chi connectivity index (χ3n) is 13.9. The lowest BCUT2D eigenvalue weighted by molar-refractivity contribution is 0.0762. The number of para-hydroxylation sites is 1. The van der Waals surface area contributed by atoms with Gasteiger partial charge in [0, 0.05) is 49.4 Å².